The molecule has 0 aliphatic rings. The Morgan fingerprint density at radius 2 is 1.12 bits per heavy atom. The van der Waals surface area contributed by atoms with Crippen LogP contribution >= 0.6 is 0 Å². The van der Waals surface area contributed by atoms with Gasteiger partial charge in [-0.25, -0.2) is 15.0 Å². The first-order chi connectivity index (χ1) is 34.7. The number of nitrogens with two attached hydrogens (primary N) is 2. The number of aromatic nitrogens is 4. The summed E-state index contributed by atoms with van der Waals surface area (Å²) in [4.78, 5) is 58.0. The van der Waals surface area contributed by atoms with Crippen LogP contribution in [0.5, 0.6) is 0 Å². The van der Waals surface area contributed by atoms with E-state index in [1.165, 1.54) is 12.3 Å². The fourth-order valence-corrected chi connectivity index (χ4v) is 7.26. The van der Waals surface area contributed by atoms with Crippen molar-refractivity contribution in [2.24, 2.45) is 16.5 Å². The first-order valence-electron chi connectivity index (χ1n) is 23.0. The Hall–Kier alpha value is -8.42. The number of aliphatic hydroxyl groups excluding tert-OH is 4. The van der Waals surface area contributed by atoms with Crippen molar-refractivity contribution in [3.8, 4) is 11.3 Å². The average molecular weight is 978 g/mol. The summed E-state index contributed by atoms with van der Waals surface area (Å²) in [6, 6.07) is 39.0. The summed E-state index contributed by atoms with van der Waals surface area (Å²) >= 11 is 0. The van der Waals surface area contributed by atoms with Gasteiger partial charge in [-0.2, -0.15) is 0 Å². The molecular formula is C54H63N11O7. The SMILES string of the molecule is C/C(=C\N(C)C)C(=O)c1c[nH]c(C(=O)N[C@H](CO)c2ccccc2)c1.Cc1cnc(N[C@H](CO)c2ccccc2)nc1-c1c[nH]c(C(=O)N[C@H](CO)c2ccccc2)c1.NC(N)=N[C@H](CO)c1ccccc1. The van der Waals surface area contributed by atoms with Crippen LogP contribution in [0.15, 0.2) is 169 Å². The van der Waals surface area contributed by atoms with Gasteiger partial charge >= 0.3 is 0 Å². The Morgan fingerprint density at radius 3 is 1.58 bits per heavy atom. The number of carbonyl (C=O) groups excluding carboxylic acids is 3. The molecule has 0 saturated heterocycles. The van der Waals surface area contributed by atoms with Gasteiger partial charge in [0.25, 0.3) is 11.8 Å². The second-order valence-corrected chi connectivity index (χ2v) is 16.6. The van der Waals surface area contributed by atoms with Gasteiger partial charge in [0.1, 0.15) is 17.4 Å². The number of ketones is 1. The first-order valence-corrected chi connectivity index (χ1v) is 23.0. The number of benzene rings is 4. The number of nitrogens with zero attached hydrogens (tertiary/aromatic N) is 4. The molecule has 0 unspecified atom stereocenters. The summed E-state index contributed by atoms with van der Waals surface area (Å²) < 4.78 is 0. The van der Waals surface area contributed by atoms with Crippen LogP contribution in [0.4, 0.5) is 5.95 Å². The highest BCUT2D eigenvalue weighted by molar-refractivity contribution is 6.09. The van der Waals surface area contributed by atoms with Gasteiger partial charge in [-0.3, -0.25) is 14.4 Å². The number of anilines is 1. The van der Waals surface area contributed by atoms with E-state index in [1.54, 1.807) is 36.5 Å². The van der Waals surface area contributed by atoms with Crippen molar-refractivity contribution < 1.29 is 34.8 Å². The van der Waals surface area contributed by atoms with E-state index >= 15 is 0 Å². The van der Waals surface area contributed by atoms with Crippen molar-refractivity contribution in [1.82, 2.24) is 35.5 Å². The molecule has 18 nitrogen and oxygen atoms in total. The lowest BCUT2D eigenvalue weighted by molar-refractivity contribution is 0.0904. The van der Waals surface area contributed by atoms with E-state index < -0.39 is 12.1 Å². The van der Waals surface area contributed by atoms with Gasteiger partial charge in [0.2, 0.25) is 5.95 Å². The summed E-state index contributed by atoms with van der Waals surface area (Å²) in [6.07, 6.45) is 6.66. The van der Waals surface area contributed by atoms with Crippen LogP contribution in [0, 0.1) is 6.92 Å². The number of Topliss-reactive ketones (excluding diaryl/α,β-unsaturated/α-hetero) is 1. The van der Waals surface area contributed by atoms with E-state index in [0.717, 1.165) is 33.4 Å². The molecule has 376 valence electrons. The fourth-order valence-electron chi connectivity index (χ4n) is 7.26. The largest absolute Gasteiger partial charge is 0.394 e. The van der Waals surface area contributed by atoms with Crippen LogP contribution in [-0.4, -0.2) is 109 Å². The van der Waals surface area contributed by atoms with Gasteiger partial charge in [-0.05, 0) is 53.8 Å². The third-order valence-corrected chi connectivity index (χ3v) is 10.9. The van der Waals surface area contributed by atoms with Gasteiger partial charge in [0.05, 0.1) is 50.2 Å². The number of aliphatic hydroxyl groups is 4. The number of hydrogen-bond donors (Lipinski definition) is 11. The van der Waals surface area contributed by atoms with Crippen molar-refractivity contribution >= 4 is 29.5 Å². The van der Waals surface area contributed by atoms with E-state index in [4.69, 9.17) is 16.6 Å². The summed E-state index contributed by atoms with van der Waals surface area (Å²) in [5, 5.41) is 46.9. The van der Waals surface area contributed by atoms with Crippen molar-refractivity contribution in [3.63, 3.8) is 0 Å². The van der Waals surface area contributed by atoms with E-state index in [0.29, 0.717) is 28.5 Å². The number of aliphatic imine (C=N–C) groups is 1. The number of carbonyl (C=O) groups is 3. The van der Waals surface area contributed by atoms with Gasteiger partial charge in [-0.15, -0.1) is 0 Å². The van der Waals surface area contributed by atoms with Gasteiger partial charge < -0.3 is 62.7 Å². The Labute approximate surface area is 418 Å². The van der Waals surface area contributed by atoms with Crippen molar-refractivity contribution in [3.05, 3.63) is 209 Å². The summed E-state index contributed by atoms with van der Waals surface area (Å²) in [6.45, 7) is 2.99. The standard InChI is InChI=1S/C26H27N5O3.C19H23N3O3.C9H13N3O/c1-17-13-28-26(30-23(16-33)19-10-6-3-7-11-19)31-24(17)20-12-21(27-14-20)25(34)29-22(15-32)18-8-4-2-5-9-18;1-13(11-22(2)3)18(24)15-9-16(20-10-15)19(25)21-17(12-23)14-7-5-4-6-8-14;10-9(11)12-8(6-13)7-4-2-1-3-5-7/h2-14,22-23,27,32-33H,15-16H2,1H3,(H,29,34)(H,28,30,31);4-11,17,20,23H,12H2,1-3H3,(H,21,25);1-5,8,13H,6H2,(H4,10,11,12)/b;13-11+;/t22-,23-;17-;8-/m111/s1. The van der Waals surface area contributed by atoms with E-state index in [-0.39, 0.29) is 67.8 Å². The van der Waals surface area contributed by atoms with Gasteiger partial charge in [0.15, 0.2) is 11.7 Å². The topological polar surface area (TPSA) is 293 Å². The molecule has 0 fully saturated rings. The molecule has 13 N–H and O–H groups in total. The van der Waals surface area contributed by atoms with E-state index in [1.807, 2.05) is 142 Å². The maximum Gasteiger partial charge on any atom is 0.268 e. The molecule has 0 bridgehead atoms. The molecule has 0 spiro atoms. The minimum atomic E-state index is -0.509. The summed E-state index contributed by atoms with van der Waals surface area (Å²) in [5.74, 6) is -0.492. The first kappa shape index (κ1) is 54.5. The third-order valence-electron chi connectivity index (χ3n) is 10.9. The maximum absolute atomic E-state index is 12.8. The molecule has 0 radical (unpaired) electrons. The van der Waals surface area contributed by atoms with Crippen LogP contribution in [-0.2, 0) is 0 Å². The molecule has 0 aliphatic carbocycles. The van der Waals surface area contributed by atoms with Crippen LogP contribution in [0.2, 0.25) is 0 Å². The van der Waals surface area contributed by atoms with Gasteiger partial charge in [-0.1, -0.05) is 121 Å². The second-order valence-electron chi connectivity index (χ2n) is 16.6. The number of aromatic amines is 2. The fraction of sp³-hybridized carbons (Fsp3) is 0.222. The minimum absolute atomic E-state index is 0.0112. The smallest absolute Gasteiger partial charge is 0.268 e. The third kappa shape index (κ3) is 16.1. The number of allylic oxidation sites excluding steroid dienone is 1. The predicted molar refractivity (Wildman–Crippen MR) is 279 cm³/mol. The molecule has 72 heavy (non-hydrogen) atoms. The molecule has 0 saturated carbocycles. The quantitative estimate of drug-likeness (QED) is 0.0207. The predicted octanol–water partition coefficient (Wildman–Crippen LogP) is 5.51. The lowest BCUT2D eigenvalue weighted by Crippen LogP contribution is -2.31. The molecule has 4 atom stereocenters. The van der Waals surface area contributed by atoms with E-state index in [2.05, 4.69) is 40.9 Å². The van der Waals surface area contributed by atoms with Crippen LogP contribution in [0.1, 0.15) is 90.2 Å². The highest BCUT2D eigenvalue weighted by atomic mass is 16.3. The lowest BCUT2D eigenvalue weighted by Gasteiger charge is -2.17. The van der Waals surface area contributed by atoms with Crippen molar-refractivity contribution in [1.29, 1.82) is 0 Å². The monoisotopic (exact) mass is 977 g/mol. The highest BCUT2D eigenvalue weighted by Crippen LogP contribution is 2.25. The second kappa shape index (κ2) is 27.7. The number of H-pyrrole nitrogens is 2. The van der Waals surface area contributed by atoms with Crippen molar-refractivity contribution in [2.75, 3.05) is 45.8 Å². The Kier molecular flexibility index (Phi) is 21.0. The molecular weight excluding hydrogens is 915 g/mol. The Morgan fingerprint density at radius 1 is 0.667 bits per heavy atom. The minimum Gasteiger partial charge on any atom is -0.394 e. The number of amides is 2. The Balaban J connectivity index is 0.000000221. The Bertz CT molecular complexity index is 2830. The van der Waals surface area contributed by atoms with E-state index in [9.17, 15) is 29.7 Å². The van der Waals surface area contributed by atoms with Crippen LogP contribution in [0.25, 0.3) is 11.3 Å². The number of aryl methyl sites for hydroxylation is 1. The van der Waals surface area contributed by atoms with Crippen molar-refractivity contribution in [2.45, 2.75) is 38.0 Å². The zero-order valence-electron chi connectivity index (χ0n) is 40.6. The van der Waals surface area contributed by atoms with Gasteiger partial charge in [0, 0.05) is 55.6 Å². The average Bonchev–Trinajstić information content (AvgIpc) is 4.11. The highest BCUT2D eigenvalue weighted by Gasteiger charge is 2.20. The number of nitrogens with one attached hydrogen (secondary N) is 5. The molecule has 18 heteroatoms. The normalized spacial score (nSPS) is 12.5. The van der Waals surface area contributed by atoms with Crippen LogP contribution in [0.3, 0.4) is 0 Å². The summed E-state index contributed by atoms with van der Waals surface area (Å²) in [7, 11) is 3.68. The number of guanidine groups is 1. The lowest BCUT2D eigenvalue weighted by atomic mass is 10.1. The molecule has 3 aromatic heterocycles. The summed E-state index contributed by atoms with van der Waals surface area (Å²) in [5.41, 5.74) is 17.8. The number of hydrogen-bond acceptors (Lipinski definition) is 12. The molecule has 2 amide bonds. The molecule has 3 heterocycles. The zero-order chi connectivity index (χ0) is 52.0. The molecule has 4 aromatic carbocycles. The molecule has 0 aliphatic heterocycles. The number of rotatable bonds is 19. The zero-order valence-corrected chi connectivity index (χ0v) is 40.6. The molecule has 7 aromatic rings. The molecule has 7 rings (SSSR count). The maximum atomic E-state index is 12.8. The van der Waals surface area contributed by atoms with Crippen LogP contribution < -0.4 is 27.4 Å².